The van der Waals surface area contributed by atoms with E-state index in [1.165, 1.54) is 31.7 Å². The number of aromatic nitrogens is 1. The van der Waals surface area contributed by atoms with Crippen LogP contribution in [0, 0.1) is 0 Å². The van der Waals surface area contributed by atoms with Crippen molar-refractivity contribution in [2.75, 3.05) is 25.1 Å². The molecule has 1 aliphatic rings. The van der Waals surface area contributed by atoms with Crippen LogP contribution in [-0.4, -0.2) is 37.7 Å². The highest BCUT2D eigenvalue weighted by molar-refractivity contribution is 5.94. The number of nitrogens with zero attached hydrogens (tertiary/aromatic N) is 2. The van der Waals surface area contributed by atoms with E-state index >= 15 is 0 Å². The Kier molecular flexibility index (Phi) is 6.62. The van der Waals surface area contributed by atoms with E-state index in [9.17, 15) is 13.6 Å². The molecule has 1 aromatic heterocycles. The largest absolute Gasteiger partial charge is 0.493 e. The summed E-state index contributed by atoms with van der Waals surface area (Å²) in [5.41, 5.74) is 1.23. The molecule has 1 saturated heterocycles. The van der Waals surface area contributed by atoms with Crippen LogP contribution in [-0.2, 0) is 6.54 Å². The highest BCUT2D eigenvalue weighted by atomic mass is 19.3. The number of benzene rings is 1. The first kappa shape index (κ1) is 19.9. The second kappa shape index (κ2) is 9.34. The molecule has 1 aromatic carbocycles. The van der Waals surface area contributed by atoms with Crippen molar-refractivity contribution in [3.8, 4) is 11.5 Å². The minimum Gasteiger partial charge on any atom is -0.493 e. The fourth-order valence-electron chi connectivity index (χ4n) is 3.15. The van der Waals surface area contributed by atoms with Gasteiger partial charge in [-0.15, -0.1) is 0 Å². The molecule has 8 heteroatoms. The Labute approximate surface area is 162 Å². The first-order valence-electron chi connectivity index (χ1n) is 9.18. The second-order valence-electron chi connectivity index (χ2n) is 6.50. The number of piperidine rings is 1. The van der Waals surface area contributed by atoms with Crippen molar-refractivity contribution < 1.29 is 23.0 Å². The van der Waals surface area contributed by atoms with E-state index in [-0.39, 0.29) is 17.4 Å². The maximum atomic E-state index is 12.4. The van der Waals surface area contributed by atoms with Crippen LogP contribution in [0.15, 0.2) is 36.5 Å². The molecule has 0 spiro atoms. The fourth-order valence-corrected chi connectivity index (χ4v) is 3.15. The van der Waals surface area contributed by atoms with Crippen molar-refractivity contribution in [1.29, 1.82) is 0 Å². The number of rotatable bonds is 7. The number of ether oxygens (including phenoxy) is 2. The van der Waals surface area contributed by atoms with Crippen LogP contribution in [0.25, 0.3) is 0 Å². The van der Waals surface area contributed by atoms with Gasteiger partial charge in [0, 0.05) is 31.4 Å². The zero-order chi connectivity index (χ0) is 19.9. The molecule has 0 radical (unpaired) electrons. The monoisotopic (exact) mass is 391 g/mol. The molecule has 2 heterocycles. The van der Waals surface area contributed by atoms with Crippen molar-refractivity contribution in [2.45, 2.75) is 32.4 Å². The van der Waals surface area contributed by atoms with Crippen molar-refractivity contribution in [2.24, 2.45) is 0 Å². The Hall–Kier alpha value is -2.90. The fraction of sp³-hybridized carbons (Fsp3) is 0.400. The van der Waals surface area contributed by atoms with Gasteiger partial charge in [0.15, 0.2) is 11.5 Å². The lowest BCUT2D eigenvalue weighted by Crippen LogP contribution is -2.30. The lowest BCUT2D eigenvalue weighted by molar-refractivity contribution is -0.0512. The van der Waals surface area contributed by atoms with Crippen molar-refractivity contribution in [1.82, 2.24) is 10.3 Å². The van der Waals surface area contributed by atoms with Gasteiger partial charge in [0.1, 0.15) is 5.82 Å². The molecule has 1 N–H and O–H groups in total. The summed E-state index contributed by atoms with van der Waals surface area (Å²) in [6.45, 7) is -0.639. The van der Waals surface area contributed by atoms with Gasteiger partial charge in [-0.3, -0.25) is 4.79 Å². The smallest absolute Gasteiger partial charge is 0.387 e. The van der Waals surface area contributed by atoms with Gasteiger partial charge in [0.2, 0.25) is 0 Å². The van der Waals surface area contributed by atoms with Crippen LogP contribution >= 0.6 is 0 Å². The molecule has 3 rings (SSSR count). The van der Waals surface area contributed by atoms with Gasteiger partial charge in [-0.25, -0.2) is 4.98 Å². The third kappa shape index (κ3) is 5.09. The Bertz CT molecular complexity index is 811. The maximum absolute atomic E-state index is 12.4. The lowest BCUT2D eigenvalue weighted by Gasteiger charge is -2.27. The van der Waals surface area contributed by atoms with Crippen molar-refractivity contribution in [3.05, 3.63) is 47.7 Å². The molecule has 0 saturated carbocycles. The molecule has 28 heavy (non-hydrogen) atoms. The Morgan fingerprint density at radius 1 is 1.18 bits per heavy atom. The third-order valence-electron chi connectivity index (χ3n) is 4.58. The first-order valence-corrected chi connectivity index (χ1v) is 9.18. The summed E-state index contributed by atoms with van der Waals surface area (Å²) in [6.07, 6.45) is 5.31. The minimum absolute atomic E-state index is 0.0734. The molecule has 0 bridgehead atoms. The second-order valence-corrected chi connectivity index (χ2v) is 6.50. The summed E-state index contributed by atoms with van der Waals surface area (Å²) in [5.74, 6) is 0.540. The molecular weight excluding hydrogens is 368 g/mol. The molecule has 0 aliphatic carbocycles. The summed E-state index contributed by atoms with van der Waals surface area (Å²) in [4.78, 5) is 19.1. The quantitative estimate of drug-likeness (QED) is 0.781. The van der Waals surface area contributed by atoms with Gasteiger partial charge in [-0.05, 0) is 55.2 Å². The van der Waals surface area contributed by atoms with E-state index in [2.05, 4.69) is 19.9 Å². The summed E-state index contributed by atoms with van der Waals surface area (Å²) in [5, 5.41) is 2.83. The normalized spacial score (nSPS) is 14.1. The van der Waals surface area contributed by atoms with E-state index in [1.54, 1.807) is 6.20 Å². The molecule has 1 aliphatic heterocycles. The number of nitrogens with one attached hydrogen (secondary N) is 1. The van der Waals surface area contributed by atoms with Crippen molar-refractivity contribution in [3.63, 3.8) is 0 Å². The Morgan fingerprint density at radius 3 is 2.68 bits per heavy atom. The summed E-state index contributed by atoms with van der Waals surface area (Å²) < 4.78 is 34.2. The SMILES string of the molecule is COc1cc(C(=O)NCc2ccnc(N3CCCCC3)c2)ccc1OC(F)F. The number of carbonyl (C=O) groups is 1. The Morgan fingerprint density at radius 2 is 1.96 bits per heavy atom. The van der Waals surface area contributed by atoms with Crippen LogP contribution in [0.1, 0.15) is 35.2 Å². The number of methoxy groups -OCH3 is 1. The summed E-state index contributed by atoms with van der Waals surface area (Å²) in [7, 11) is 1.33. The van der Waals surface area contributed by atoms with E-state index in [0.717, 1.165) is 37.3 Å². The van der Waals surface area contributed by atoms with Crippen LogP contribution in [0.2, 0.25) is 0 Å². The minimum atomic E-state index is -2.96. The van der Waals surface area contributed by atoms with Crippen LogP contribution < -0.4 is 19.7 Å². The maximum Gasteiger partial charge on any atom is 0.387 e. The first-order chi connectivity index (χ1) is 13.6. The number of hydrogen-bond donors (Lipinski definition) is 1. The van der Waals surface area contributed by atoms with E-state index in [4.69, 9.17) is 4.74 Å². The van der Waals surface area contributed by atoms with Gasteiger partial charge in [0.05, 0.1) is 7.11 Å². The lowest BCUT2D eigenvalue weighted by atomic mass is 10.1. The van der Waals surface area contributed by atoms with E-state index < -0.39 is 6.61 Å². The zero-order valence-corrected chi connectivity index (χ0v) is 15.7. The predicted molar refractivity (Wildman–Crippen MR) is 101 cm³/mol. The van der Waals surface area contributed by atoms with Crippen molar-refractivity contribution >= 4 is 11.7 Å². The Balaban J connectivity index is 1.64. The molecule has 2 aromatic rings. The molecule has 0 atom stereocenters. The number of pyridine rings is 1. The van der Waals surface area contributed by atoms with Gasteiger partial charge in [-0.1, -0.05) is 0 Å². The number of amides is 1. The predicted octanol–water partition coefficient (Wildman–Crippen LogP) is 3.61. The van der Waals surface area contributed by atoms with Gasteiger partial charge >= 0.3 is 6.61 Å². The van der Waals surface area contributed by atoms with E-state index in [1.807, 2.05) is 12.1 Å². The molecule has 150 valence electrons. The summed E-state index contributed by atoms with van der Waals surface area (Å²) >= 11 is 0. The van der Waals surface area contributed by atoms with Gasteiger partial charge in [0.25, 0.3) is 5.91 Å². The number of halogens is 2. The standard InChI is InChI=1S/C20H23F2N3O3/c1-27-17-12-15(5-6-16(17)28-20(21)22)19(26)24-13-14-7-8-23-18(11-14)25-9-3-2-4-10-25/h5-8,11-12,20H,2-4,9-10,13H2,1H3,(H,24,26). The topological polar surface area (TPSA) is 63.7 Å². The highest BCUT2D eigenvalue weighted by Crippen LogP contribution is 2.29. The molecule has 1 amide bonds. The molecule has 0 unspecified atom stereocenters. The zero-order valence-electron chi connectivity index (χ0n) is 15.7. The number of carbonyl (C=O) groups excluding carboxylic acids is 1. The van der Waals surface area contributed by atoms with Gasteiger partial charge < -0.3 is 19.7 Å². The van der Waals surface area contributed by atoms with Crippen LogP contribution in [0.4, 0.5) is 14.6 Å². The molecule has 1 fully saturated rings. The number of alkyl halides is 2. The van der Waals surface area contributed by atoms with E-state index in [0.29, 0.717) is 12.1 Å². The van der Waals surface area contributed by atoms with Crippen LogP contribution in [0.5, 0.6) is 11.5 Å². The third-order valence-corrected chi connectivity index (χ3v) is 4.58. The molecular formula is C20H23F2N3O3. The number of anilines is 1. The highest BCUT2D eigenvalue weighted by Gasteiger charge is 2.15. The molecule has 6 nitrogen and oxygen atoms in total. The van der Waals surface area contributed by atoms with Gasteiger partial charge in [-0.2, -0.15) is 8.78 Å². The number of hydrogen-bond acceptors (Lipinski definition) is 5. The average molecular weight is 391 g/mol. The summed E-state index contributed by atoms with van der Waals surface area (Å²) in [6, 6.07) is 7.92. The van der Waals surface area contributed by atoms with Crippen LogP contribution in [0.3, 0.4) is 0 Å². The average Bonchev–Trinajstić information content (AvgIpc) is 2.72.